The van der Waals surface area contributed by atoms with Crippen molar-refractivity contribution in [1.29, 1.82) is 0 Å². The van der Waals surface area contributed by atoms with Gasteiger partial charge in [0.15, 0.2) is 0 Å². The standard InChI is InChI=1S/C11H23N3O3S.ClH/c1-9(12)11(15)14-8-4-3-5-10(14)6-7-13-18(2,16)17;/h9-10,13H,3-8,12H2,1-2H3;1H/t9-,10?;/m0./s1. The minimum Gasteiger partial charge on any atom is -0.338 e. The molecule has 1 rings (SSSR count). The Hall–Kier alpha value is -0.370. The lowest BCUT2D eigenvalue weighted by atomic mass is 9.98. The molecule has 114 valence electrons. The van der Waals surface area contributed by atoms with E-state index in [9.17, 15) is 13.2 Å². The van der Waals surface area contributed by atoms with Crippen LogP contribution in [0, 0.1) is 0 Å². The van der Waals surface area contributed by atoms with Gasteiger partial charge < -0.3 is 10.6 Å². The highest BCUT2D eigenvalue weighted by molar-refractivity contribution is 7.88. The number of carbonyl (C=O) groups is 1. The van der Waals surface area contributed by atoms with Crippen LogP contribution in [0.2, 0.25) is 0 Å². The quantitative estimate of drug-likeness (QED) is 0.751. The first-order valence-corrected chi connectivity index (χ1v) is 8.21. The van der Waals surface area contributed by atoms with E-state index in [2.05, 4.69) is 4.72 Å². The van der Waals surface area contributed by atoms with Crippen molar-refractivity contribution in [2.75, 3.05) is 19.3 Å². The van der Waals surface area contributed by atoms with Crippen LogP contribution in [0.1, 0.15) is 32.6 Å². The van der Waals surface area contributed by atoms with Crippen LogP contribution in [0.25, 0.3) is 0 Å². The molecule has 6 nitrogen and oxygen atoms in total. The molecule has 1 saturated heterocycles. The molecule has 1 fully saturated rings. The number of nitrogens with zero attached hydrogens (tertiary/aromatic N) is 1. The molecular formula is C11H24ClN3O3S. The topological polar surface area (TPSA) is 92.5 Å². The molecule has 1 unspecified atom stereocenters. The van der Waals surface area contributed by atoms with Gasteiger partial charge in [-0.25, -0.2) is 13.1 Å². The molecule has 1 heterocycles. The van der Waals surface area contributed by atoms with E-state index in [0.717, 1.165) is 32.1 Å². The summed E-state index contributed by atoms with van der Waals surface area (Å²) in [6.07, 6.45) is 4.77. The lowest BCUT2D eigenvalue weighted by Gasteiger charge is -2.36. The van der Waals surface area contributed by atoms with Gasteiger partial charge in [-0.05, 0) is 32.6 Å². The number of likely N-dealkylation sites (tertiary alicyclic amines) is 1. The van der Waals surface area contributed by atoms with E-state index in [1.165, 1.54) is 0 Å². The van der Waals surface area contributed by atoms with Gasteiger partial charge in [-0.15, -0.1) is 12.4 Å². The highest BCUT2D eigenvalue weighted by Crippen LogP contribution is 2.20. The van der Waals surface area contributed by atoms with E-state index in [-0.39, 0.29) is 24.4 Å². The Balaban J connectivity index is 0.00000324. The van der Waals surface area contributed by atoms with Crippen LogP contribution in [0.3, 0.4) is 0 Å². The zero-order chi connectivity index (χ0) is 13.8. The average molecular weight is 314 g/mol. The third-order valence-electron chi connectivity index (χ3n) is 3.14. The van der Waals surface area contributed by atoms with Crippen molar-refractivity contribution in [2.45, 2.75) is 44.7 Å². The minimum atomic E-state index is -3.16. The molecule has 0 aromatic carbocycles. The Morgan fingerprint density at radius 3 is 2.63 bits per heavy atom. The summed E-state index contributed by atoms with van der Waals surface area (Å²) in [5, 5.41) is 0. The van der Waals surface area contributed by atoms with E-state index in [1.54, 1.807) is 11.8 Å². The predicted molar refractivity (Wildman–Crippen MR) is 77.7 cm³/mol. The van der Waals surface area contributed by atoms with Crippen molar-refractivity contribution in [1.82, 2.24) is 9.62 Å². The van der Waals surface area contributed by atoms with Crippen molar-refractivity contribution in [3.8, 4) is 0 Å². The number of piperidine rings is 1. The molecule has 2 atom stereocenters. The van der Waals surface area contributed by atoms with E-state index in [0.29, 0.717) is 13.0 Å². The Morgan fingerprint density at radius 2 is 2.11 bits per heavy atom. The number of rotatable bonds is 5. The van der Waals surface area contributed by atoms with Crippen molar-refractivity contribution in [3.63, 3.8) is 0 Å². The van der Waals surface area contributed by atoms with Crippen LogP contribution in [0.4, 0.5) is 0 Å². The average Bonchev–Trinajstić information content (AvgIpc) is 2.27. The van der Waals surface area contributed by atoms with Gasteiger partial charge in [-0.2, -0.15) is 0 Å². The Kier molecular flexibility index (Phi) is 7.88. The number of sulfonamides is 1. The van der Waals surface area contributed by atoms with Gasteiger partial charge >= 0.3 is 0 Å². The van der Waals surface area contributed by atoms with Crippen LogP contribution < -0.4 is 10.5 Å². The SMILES string of the molecule is C[C@H](N)C(=O)N1CCCCC1CCNS(C)(=O)=O.Cl. The van der Waals surface area contributed by atoms with Crippen LogP contribution in [0.5, 0.6) is 0 Å². The third kappa shape index (κ3) is 6.56. The predicted octanol–water partition coefficient (Wildman–Crippen LogP) is 0.0758. The molecule has 1 aliphatic rings. The molecule has 1 aliphatic heterocycles. The maximum atomic E-state index is 11.9. The summed E-state index contributed by atoms with van der Waals surface area (Å²) in [5.41, 5.74) is 5.62. The number of carbonyl (C=O) groups excluding carboxylic acids is 1. The van der Waals surface area contributed by atoms with Gasteiger partial charge in [-0.3, -0.25) is 4.79 Å². The maximum Gasteiger partial charge on any atom is 0.239 e. The Morgan fingerprint density at radius 1 is 1.47 bits per heavy atom. The maximum absolute atomic E-state index is 11.9. The summed E-state index contributed by atoms with van der Waals surface area (Å²) in [6.45, 7) is 2.78. The second-order valence-corrected chi connectivity index (χ2v) is 6.76. The second-order valence-electron chi connectivity index (χ2n) is 4.93. The number of halogens is 1. The summed E-state index contributed by atoms with van der Waals surface area (Å²) >= 11 is 0. The third-order valence-corrected chi connectivity index (χ3v) is 3.87. The fourth-order valence-electron chi connectivity index (χ4n) is 2.26. The molecule has 0 radical (unpaired) electrons. The van der Waals surface area contributed by atoms with Crippen molar-refractivity contribution >= 4 is 28.3 Å². The fourth-order valence-corrected chi connectivity index (χ4v) is 2.75. The summed E-state index contributed by atoms with van der Waals surface area (Å²) in [5.74, 6) is -0.0425. The van der Waals surface area contributed by atoms with Crippen molar-refractivity contribution < 1.29 is 13.2 Å². The monoisotopic (exact) mass is 313 g/mol. The van der Waals surface area contributed by atoms with Crippen LogP contribution >= 0.6 is 12.4 Å². The number of hydrogen-bond donors (Lipinski definition) is 2. The number of nitrogens with two attached hydrogens (primary N) is 1. The van der Waals surface area contributed by atoms with Gasteiger partial charge in [-0.1, -0.05) is 0 Å². The van der Waals surface area contributed by atoms with Crippen LogP contribution in [-0.4, -0.2) is 50.7 Å². The summed E-state index contributed by atoms with van der Waals surface area (Å²) < 4.78 is 24.4. The first-order chi connectivity index (χ1) is 8.31. The van der Waals surface area contributed by atoms with Crippen molar-refractivity contribution in [2.24, 2.45) is 5.73 Å². The fraction of sp³-hybridized carbons (Fsp3) is 0.909. The first-order valence-electron chi connectivity index (χ1n) is 6.32. The number of nitrogens with one attached hydrogen (secondary N) is 1. The lowest BCUT2D eigenvalue weighted by Crippen LogP contribution is -2.50. The Labute approximate surface area is 121 Å². The minimum absolute atomic E-state index is 0. The smallest absolute Gasteiger partial charge is 0.239 e. The molecule has 0 spiro atoms. The molecule has 0 aromatic rings. The molecule has 8 heteroatoms. The second kappa shape index (κ2) is 8.04. The van der Waals surface area contributed by atoms with Crippen LogP contribution in [0.15, 0.2) is 0 Å². The molecule has 0 bridgehead atoms. The van der Waals surface area contributed by atoms with E-state index in [4.69, 9.17) is 5.73 Å². The molecule has 3 N–H and O–H groups in total. The first kappa shape index (κ1) is 18.6. The number of amides is 1. The molecular weight excluding hydrogens is 290 g/mol. The summed E-state index contributed by atoms with van der Waals surface area (Å²) in [7, 11) is -3.16. The molecule has 0 aromatic heterocycles. The zero-order valence-electron chi connectivity index (χ0n) is 11.5. The molecule has 19 heavy (non-hydrogen) atoms. The molecule has 0 aliphatic carbocycles. The lowest BCUT2D eigenvalue weighted by molar-refractivity contribution is -0.136. The van der Waals surface area contributed by atoms with Gasteiger partial charge in [0.25, 0.3) is 0 Å². The van der Waals surface area contributed by atoms with E-state index >= 15 is 0 Å². The van der Waals surface area contributed by atoms with E-state index in [1.807, 2.05) is 0 Å². The molecule has 0 saturated carbocycles. The van der Waals surface area contributed by atoms with Crippen molar-refractivity contribution in [3.05, 3.63) is 0 Å². The van der Waals surface area contributed by atoms with Gasteiger partial charge in [0.1, 0.15) is 0 Å². The summed E-state index contributed by atoms with van der Waals surface area (Å²) in [6, 6.07) is -0.389. The summed E-state index contributed by atoms with van der Waals surface area (Å²) in [4.78, 5) is 13.7. The zero-order valence-corrected chi connectivity index (χ0v) is 13.1. The largest absolute Gasteiger partial charge is 0.338 e. The number of hydrogen-bond acceptors (Lipinski definition) is 4. The highest BCUT2D eigenvalue weighted by Gasteiger charge is 2.27. The normalized spacial score (nSPS) is 21.6. The van der Waals surface area contributed by atoms with Crippen LogP contribution in [-0.2, 0) is 14.8 Å². The van der Waals surface area contributed by atoms with E-state index < -0.39 is 16.1 Å². The van der Waals surface area contributed by atoms with Gasteiger partial charge in [0, 0.05) is 19.1 Å². The van der Waals surface area contributed by atoms with Gasteiger partial charge in [0.2, 0.25) is 15.9 Å². The highest BCUT2D eigenvalue weighted by atomic mass is 35.5. The Bertz CT molecular complexity index is 387. The molecule has 1 amide bonds. The van der Waals surface area contributed by atoms with Gasteiger partial charge in [0.05, 0.1) is 12.3 Å².